The third-order valence-corrected chi connectivity index (χ3v) is 3.04. The van der Waals surface area contributed by atoms with E-state index in [9.17, 15) is 0 Å². The molecule has 0 amide bonds. The smallest absolute Gasteiger partial charge is 0.0468 e. The van der Waals surface area contributed by atoms with Gasteiger partial charge in [0.2, 0.25) is 0 Å². The van der Waals surface area contributed by atoms with E-state index in [1.165, 1.54) is 0 Å². The summed E-state index contributed by atoms with van der Waals surface area (Å²) >= 11 is 0. The molecule has 0 aromatic carbocycles. The van der Waals surface area contributed by atoms with Crippen LogP contribution in [0.2, 0.25) is 0 Å². The zero-order chi connectivity index (χ0) is 9.14. The van der Waals surface area contributed by atoms with E-state index in [4.69, 9.17) is 10.2 Å². The average molecular weight is 170 g/mol. The Morgan fingerprint density at radius 2 is 1.25 bits per heavy atom. The van der Waals surface area contributed by atoms with Gasteiger partial charge in [0.25, 0.3) is 0 Å². The van der Waals surface area contributed by atoms with Crippen LogP contribution in [-0.2, 0) is 0 Å². The van der Waals surface area contributed by atoms with Crippen molar-refractivity contribution in [1.29, 1.82) is 0 Å². The van der Waals surface area contributed by atoms with Gasteiger partial charge in [-0.1, -0.05) is 26.0 Å². The quantitative estimate of drug-likeness (QED) is 0.608. The zero-order valence-electron chi connectivity index (χ0n) is 7.77. The summed E-state index contributed by atoms with van der Waals surface area (Å²) in [5.41, 5.74) is 0. The van der Waals surface area contributed by atoms with Gasteiger partial charge in [-0.15, -0.1) is 0 Å². The standard InChI is InChI=1S/C10H18O2/c1-7-3-4-8(2)10(6-12)9(7)5-11/h3-4,7-12H,5-6H2,1-2H3/t7-,8+,9-,10-/m1/s1. The van der Waals surface area contributed by atoms with Gasteiger partial charge in [-0.2, -0.15) is 0 Å². The molecule has 0 fully saturated rings. The van der Waals surface area contributed by atoms with Crippen molar-refractivity contribution in [3.05, 3.63) is 12.2 Å². The number of hydrogen-bond acceptors (Lipinski definition) is 2. The number of aliphatic hydroxyl groups is 2. The summed E-state index contributed by atoms with van der Waals surface area (Å²) in [6, 6.07) is 0. The highest BCUT2D eigenvalue weighted by Gasteiger charge is 2.30. The molecule has 12 heavy (non-hydrogen) atoms. The fraction of sp³-hybridized carbons (Fsp3) is 0.800. The van der Waals surface area contributed by atoms with Crippen molar-refractivity contribution in [3.8, 4) is 0 Å². The van der Waals surface area contributed by atoms with Crippen LogP contribution in [0.1, 0.15) is 13.8 Å². The minimum absolute atomic E-state index is 0.182. The molecule has 1 rings (SSSR count). The van der Waals surface area contributed by atoms with E-state index in [1.807, 2.05) is 0 Å². The number of hydrogen-bond donors (Lipinski definition) is 2. The SMILES string of the molecule is C[C@@H]1C=C[C@H](C)[C@@H](CO)[C@@H]1CO. The third-order valence-electron chi connectivity index (χ3n) is 3.04. The van der Waals surface area contributed by atoms with Crippen LogP contribution in [0.3, 0.4) is 0 Å². The summed E-state index contributed by atoms with van der Waals surface area (Å²) in [6.45, 7) is 4.54. The second kappa shape index (κ2) is 4.06. The molecule has 0 saturated heterocycles. The van der Waals surface area contributed by atoms with Gasteiger partial charge in [0.1, 0.15) is 0 Å². The maximum absolute atomic E-state index is 9.14. The Kier molecular flexibility index (Phi) is 3.29. The molecule has 0 heterocycles. The Morgan fingerprint density at radius 1 is 0.917 bits per heavy atom. The molecule has 2 N–H and O–H groups in total. The minimum Gasteiger partial charge on any atom is -0.396 e. The molecule has 0 saturated carbocycles. The molecular weight excluding hydrogens is 152 g/mol. The van der Waals surface area contributed by atoms with Crippen LogP contribution in [-0.4, -0.2) is 23.4 Å². The van der Waals surface area contributed by atoms with E-state index in [-0.39, 0.29) is 25.0 Å². The van der Waals surface area contributed by atoms with Crippen LogP contribution < -0.4 is 0 Å². The van der Waals surface area contributed by atoms with Gasteiger partial charge in [0, 0.05) is 13.2 Å². The van der Waals surface area contributed by atoms with Gasteiger partial charge < -0.3 is 10.2 Å². The van der Waals surface area contributed by atoms with Crippen molar-refractivity contribution >= 4 is 0 Å². The molecular formula is C10H18O2. The molecule has 0 aromatic heterocycles. The van der Waals surface area contributed by atoms with Crippen molar-refractivity contribution in [2.45, 2.75) is 13.8 Å². The Morgan fingerprint density at radius 3 is 1.50 bits per heavy atom. The number of allylic oxidation sites excluding steroid dienone is 2. The molecule has 0 aromatic rings. The van der Waals surface area contributed by atoms with E-state index < -0.39 is 0 Å². The molecule has 0 aliphatic heterocycles. The van der Waals surface area contributed by atoms with Crippen LogP contribution in [0.4, 0.5) is 0 Å². The summed E-state index contributed by atoms with van der Waals surface area (Å²) in [7, 11) is 0. The Bertz CT molecular complexity index is 147. The minimum atomic E-state index is 0.182. The molecule has 1 aliphatic carbocycles. The molecule has 2 nitrogen and oxygen atoms in total. The van der Waals surface area contributed by atoms with Crippen molar-refractivity contribution in [3.63, 3.8) is 0 Å². The van der Waals surface area contributed by atoms with Gasteiger partial charge in [-0.25, -0.2) is 0 Å². The predicted molar refractivity (Wildman–Crippen MR) is 48.6 cm³/mol. The van der Waals surface area contributed by atoms with Gasteiger partial charge in [-0.05, 0) is 23.7 Å². The summed E-state index contributed by atoms with van der Waals surface area (Å²) in [5, 5.41) is 18.3. The second-order valence-corrected chi connectivity index (χ2v) is 3.80. The lowest BCUT2D eigenvalue weighted by molar-refractivity contribution is 0.0694. The third kappa shape index (κ3) is 1.70. The van der Waals surface area contributed by atoms with Gasteiger partial charge in [0.05, 0.1) is 0 Å². The lowest BCUT2D eigenvalue weighted by Gasteiger charge is -2.34. The Balaban J connectivity index is 2.73. The molecule has 4 atom stereocenters. The maximum atomic E-state index is 9.14. The fourth-order valence-corrected chi connectivity index (χ4v) is 2.02. The van der Waals surface area contributed by atoms with Crippen LogP contribution in [0, 0.1) is 23.7 Å². The predicted octanol–water partition coefficient (Wildman–Crippen LogP) is 1.05. The van der Waals surface area contributed by atoms with Gasteiger partial charge in [-0.3, -0.25) is 0 Å². The van der Waals surface area contributed by atoms with Crippen molar-refractivity contribution in [2.75, 3.05) is 13.2 Å². The molecule has 0 spiro atoms. The topological polar surface area (TPSA) is 40.5 Å². The molecule has 0 bridgehead atoms. The number of aliphatic hydroxyl groups excluding tert-OH is 2. The maximum Gasteiger partial charge on any atom is 0.0468 e. The first-order chi connectivity index (χ1) is 5.70. The molecule has 0 radical (unpaired) electrons. The van der Waals surface area contributed by atoms with E-state index in [0.29, 0.717) is 11.8 Å². The zero-order valence-corrected chi connectivity index (χ0v) is 7.77. The van der Waals surface area contributed by atoms with E-state index in [1.54, 1.807) is 0 Å². The average Bonchev–Trinajstić information content (AvgIpc) is 2.08. The molecule has 70 valence electrons. The van der Waals surface area contributed by atoms with E-state index >= 15 is 0 Å². The van der Waals surface area contributed by atoms with Crippen LogP contribution in [0.5, 0.6) is 0 Å². The first-order valence-electron chi connectivity index (χ1n) is 4.60. The van der Waals surface area contributed by atoms with Crippen molar-refractivity contribution in [1.82, 2.24) is 0 Å². The van der Waals surface area contributed by atoms with Gasteiger partial charge >= 0.3 is 0 Å². The van der Waals surface area contributed by atoms with E-state index in [0.717, 1.165) is 0 Å². The van der Waals surface area contributed by atoms with E-state index in [2.05, 4.69) is 26.0 Å². The van der Waals surface area contributed by atoms with Crippen molar-refractivity contribution < 1.29 is 10.2 Å². The Hall–Kier alpha value is -0.340. The largest absolute Gasteiger partial charge is 0.396 e. The van der Waals surface area contributed by atoms with Crippen LogP contribution >= 0.6 is 0 Å². The second-order valence-electron chi connectivity index (χ2n) is 3.80. The normalized spacial score (nSPS) is 41.7. The summed E-state index contributed by atoms with van der Waals surface area (Å²) in [6.07, 6.45) is 4.27. The lowest BCUT2D eigenvalue weighted by atomic mass is 9.72. The number of rotatable bonds is 2. The monoisotopic (exact) mass is 170 g/mol. The molecule has 1 aliphatic rings. The summed E-state index contributed by atoms with van der Waals surface area (Å²) < 4.78 is 0. The summed E-state index contributed by atoms with van der Waals surface area (Å²) in [5.74, 6) is 1.25. The first-order valence-corrected chi connectivity index (χ1v) is 4.60. The van der Waals surface area contributed by atoms with Crippen LogP contribution in [0.25, 0.3) is 0 Å². The van der Waals surface area contributed by atoms with Gasteiger partial charge in [0.15, 0.2) is 0 Å². The summed E-state index contributed by atoms with van der Waals surface area (Å²) in [4.78, 5) is 0. The lowest BCUT2D eigenvalue weighted by Crippen LogP contribution is -2.34. The highest BCUT2D eigenvalue weighted by molar-refractivity contribution is 5.02. The first kappa shape index (κ1) is 9.75. The highest BCUT2D eigenvalue weighted by Crippen LogP contribution is 2.33. The molecule has 0 unspecified atom stereocenters. The fourth-order valence-electron chi connectivity index (χ4n) is 2.02. The van der Waals surface area contributed by atoms with Crippen LogP contribution in [0.15, 0.2) is 12.2 Å². The van der Waals surface area contributed by atoms with Crippen molar-refractivity contribution in [2.24, 2.45) is 23.7 Å². The molecule has 2 heteroatoms. The highest BCUT2D eigenvalue weighted by atomic mass is 16.3. The Labute approximate surface area is 73.9 Å².